The van der Waals surface area contributed by atoms with Crippen molar-refractivity contribution in [2.75, 3.05) is 0 Å². The molecule has 0 amide bonds. The molecule has 0 unspecified atom stereocenters. The van der Waals surface area contributed by atoms with Crippen molar-refractivity contribution in [3.63, 3.8) is 0 Å². The van der Waals surface area contributed by atoms with Crippen molar-refractivity contribution in [3.05, 3.63) is 24.1 Å². The van der Waals surface area contributed by atoms with Crippen LogP contribution < -0.4 is 0 Å². The van der Waals surface area contributed by atoms with Crippen molar-refractivity contribution < 1.29 is 29.3 Å². The van der Waals surface area contributed by atoms with E-state index in [2.05, 4.69) is 11.8 Å². The van der Waals surface area contributed by atoms with Crippen LogP contribution in [-0.4, -0.2) is 39.3 Å². The highest BCUT2D eigenvalue weighted by Gasteiger charge is 2.39. The van der Waals surface area contributed by atoms with Gasteiger partial charge in [0, 0.05) is 18.8 Å². The van der Waals surface area contributed by atoms with E-state index in [1.807, 2.05) is 13.0 Å². The lowest BCUT2D eigenvalue weighted by atomic mass is 9.91. The van der Waals surface area contributed by atoms with Crippen LogP contribution in [0.5, 0.6) is 0 Å². The van der Waals surface area contributed by atoms with Crippen LogP contribution in [0.1, 0.15) is 51.9 Å². The predicted octanol–water partition coefficient (Wildman–Crippen LogP) is 2.77. The van der Waals surface area contributed by atoms with Gasteiger partial charge in [-0.3, -0.25) is 9.59 Å². The third-order valence-electron chi connectivity index (χ3n) is 4.27. The summed E-state index contributed by atoms with van der Waals surface area (Å²) in [5, 5.41) is 28.3. The van der Waals surface area contributed by atoms with Gasteiger partial charge >= 0.3 is 5.97 Å². The van der Waals surface area contributed by atoms with E-state index in [1.165, 1.54) is 6.08 Å². The first-order chi connectivity index (χ1) is 12.4. The molecule has 5 nitrogen and oxygen atoms in total. The van der Waals surface area contributed by atoms with E-state index < -0.39 is 35.8 Å². The van der Waals surface area contributed by atoms with Crippen molar-refractivity contribution >= 4 is 11.8 Å². The van der Waals surface area contributed by atoms with Gasteiger partial charge in [0.15, 0.2) is 6.10 Å². The average molecular weight is 366 g/mol. The van der Waals surface area contributed by atoms with E-state index in [0.717, 1.165) is 6.42 Å². The van der Waals surface area contributed by atoms with Crippen molar-refractivity contribution in [1.82, 2.24) is 0 Å². The minimum atomic E-state index is -1.54. The van der Waals surface area contributed by atoms with E-state index in [0.29, 0.717) is 25.7 Å². The Labute approximate surface area is 153 Å². The third-order valence-corrected chi connectivity index (χ3v) is 4.27. The summed E-state index contributed by atoms with van der Waals surface area (Å²) in [6.45, 7) is 1.89. The van der Waals surface area contributed by atoms with E-state index in [1.54, 1.807) is 6.08 Å². The number of ketones is 1. The van der Waals surface area contributed by atoms with Crippen molar-refractivity contribution in [1.29, 1.82) is 0 Å². The van der Waals surface area contributed by atoms with Crippen LogP contribution in [0.4, 0.5) is 4.39 Å². The summed E-state index contributed by atoms with van der Waals surface area (Å²) in [5.74, 6) is 2.27. The Morgan fingerprint density at radius 2 is 2.12 bits per heavy atom. The Bertz CT molecular complexity index is 599. The van der Waals surface area contributed by atoms with Gasteiger partial charge in [-0.2, -0.15) is 0 Å². The Balaban J connectivity index is 2.65. The van der Waals surface area contributed by atoms with Gasteiger partial charge in [0.05, 0.1) is 12.0 Å². The van der Waals surface area contributed by atoms with Gasteiger partial charge in [-0.15, -0.1) is 0 Å². The molecule has 0 radical (unpaired) electrons. The van der Waals surface area contributed by atoms with Gasteiger partial charge in [0.2, 0.25) is 0 Å². The highest BCUT2D eigenvalue weighted by atomic mass is 19.1. The fourth-order valence-electron chi connectivity index (χ4n) is 2.80. The number of carbonyl (C=O) groups is 2. The fourth-order valence-corrected chi connectivity index (χ4v) is 2.80. The monoisotopic (exact) mass is 366 g/mol. The number of allylic oxidation sites excluding steroid dienone is 3. The van der Waals surface area contributed by atoms with E-state index in [4.69, 9.17) is 5.11 Å². The number of aliphatic hydroxyl groups excluding tert-OH is 2. The van der Waals surface area contributed by atoms with Crippen LogP contribution in [0, 0.1) is 23.7 Å². The second-order valence-corrected chi connectivity index (χ2v) is 6.43. The fraction of sp³-hybridized carbons (Fsp3) is 0.600. The van der Waals surface area contributed by atoms with Crippen molar-refractivity contribution in [2.45, 2.75) is 64.1 Å². The van der Waals surface area contributed by atoms with Gasteiger partial charge in [-0.05, 0) is 31.8 Å². The molecule has 4 atom stereocenters. The summed E-state index contributed by atoms with van der Waals surface area (Å²) >= 11 is 0. The summed E-state index contributed by atoms with van der Waals surface area (Å²) in [6, 6.07) is 0. The molecule has 0 spiro atoms. The highest BCUT2D eigenvalue weighted by Crippen LogP contribution is 2.31. The topological polar surface area (TPSA) is 94.8 Å². The summed E-state index contributed by atoms with van der Waals surface area (Å²) < 4.78 is 13.6. The van der Waals surface area contributed by atoms with Gasteiger partial charge in [0.1, 0.15) is 11.6 Å². The van der Waals surface area contributed by atoms with E-state index >= 15 is 0 Å². The molecule has 26 heavy (non-hydrogen) atoms. The zero-order valence-electron chi connectivity index (χ0n) is 15.0. The number of unbranched alkanes of at least 4 members (excludes halogenated alkanes) is 2. The molecule has 144 valence electrons. The zero-order valence-corrected chi connectivity index (χ0v) is 15.0. The molecule has 6 heteroatoms. The lowest BCUT2D eigenvalue weighted by molar-refractivity contribution is -0.137. The minimum Gasteiger partial charge on any atom is -0.481 e. The van der Waals surface area contributed by atoms with Crippen LogP contribution in [0.15, 0.2) is 24.1 Å². The van der Waals surface area contributed by atoms with Gasteiger partial charge < -0.3 is 15.3 Å². The maximum atomic E-state index is 13.6. The third kappa shape index (κ3) is 7.51. The van der Waals surface area contributed by atoms with Gasteiger partial charge in [-0.25, -0.2) is 4.39 Å². The number of halogens is 1. The Kier molecular flexibility index (Phi) is 9.85. The molecule has 0 heterocycles. The number of aliphatic carboxylic acids is 1. The molecule has 0 aromatic carbocycles. The smallest absolute Gasteiger partial charge is 0.303 e. The molecule has 0 aromatic rings. The molecule has 3 N–H and O–H groups in total. The first-order valence-corrected chi connectivity index (χ1v) is 8.99. The molecule has 0 saturated heterocycles. The molecular formula is C20H27FO5. The molecule has 1 fully saturated rings. The molecular weight excluding hydrogens is 339 g/mol. The van der Waals surface area contributed by atoms with Crippen LogP contribution in [0.2, 0.25) is 0 Å². The lowest BCUT2D eigenvalue weighted by Crippen LogP contribution is -2.19. The molecule has 0 bridgehead atoms. The van der Waals surface area contributed by atoms with Crippen LogP contribution in [0.3, 0.4) is 0 Å². The van der Waals surface area contributed by atoms with Crippen LogP contribution in [0.25, 0.3) is 0 Å². The number of aliphatic hydroxyl groups is 2. The quantitative estimate of drug-likeness (QED) is 0.331. The summed E-state index contributed by atoms with van der Waals surface area (Å²) in [4.78, 5) is 22.5. The summed E-state index contributed by atoms with van der Waals surface area (Å²) in [5.41, 5.74) is 0. The summed E-state index contributed by atoms with van der Waals surface area (Å²) in [6.07, 6.45) is 5.27. The zero-order chi connectivity index (χ0) is 19.5. The molecule has 0 aliphatic heterocycles. The number of hydrogen-bond donors (Lipinski definition) is 3. The van der Waals surface area contributed by atoms with Gasteiger partial charge in [0.25, 0.3) is 0 Å². The predicted molar refractivity (Wildman–Crippen MR) is 95.7 cm³/mol. The minimum absolute atomic E-state index is 0.00111. The molecule has 1 aliphatic carbocycles. The Morgan fingerprint density at radius 3 is 2.77 bits per heavy atom. The first kappa shape index (κ1) is 22.1. The normalized spacial score (nSPS) is 24.5. The number of carboxylic acids is 1. The number of carbonyl (C=O) groups excluding carboxylic acids is 1. The molecule has 1 saturated carbocycles. The SMILES string of the molecule is CCC/C=C(\F)[C@H](O)C#C[C@H]1[C@H](O)CC(=O)[C@@H]1C/C=C\CCCC(=O)O. The highest BCUT2D eigenvalue weighted by molar-refractivity contribution is 5.85. The van der Waals surface area contributed by atoms with Crippen molar-refractivity contribution in [3.8, 4) is 11.8 Å². The van der Waals surface area contributed by atoms with Crippen LogP contribution >= 0.6 is 0 Å². The second kappa shape index (κ2) is 11.6. The second-order valence-electron chi connectivity index (χ2n) is 6.43. The Hall–Kier alpha value is -1.97. The van der Waals surface area contributed by atoms with Crippen LogP contribution in [-0.2, 0) is 9.59 Å². The standard InChI is InChI=1S/C20H27FO5/c1-2-3-9-16(21)17(22)12-11-15-14(18(23)13-19(15)24)8-6-4-5-7-10-20(25)26/h4,6,9,14-15,17,19,22,24H,2-3,5,7-8,10,13H2,1H3,(H,25,26)/b6-4-,16-9-/t14-,15-,17-,19-/m1/s1. The molecule has 0 aromatic heterocycles. The number of hydrogen-bond acceptors (Lipinski definition) is 4. The number of Topliss-reactive ketones (excluding diaryl/α,β-unsaturated/α-hetero) is 1. The van der Waals surface area contributed by atoms with E-state index in [9.17, 15) is 24.2 Å². The maximum absolute atomic E-state index is 13.6. The summed E-state index contributed by atoms with van der Waals surface area (Å²) in [7, 11) is 0. The maximum Gasteiger partial charge on any atom is 0.303 e. The first-order valence-electron chi connectivity index (χ1n) is 8.99. The Morgan fingerprint density at radius 1 is 1.38 bits per heavy atom. The van der Waals surface area contributed by atoms with Gasteiger partial charge in [-0.1, -0.05) is 37.3 Å². The van der Waals surface area contributed by atoms with Crippen molar-refractivity contribution in [2.24, 2.45) is 11.8 Å². The largest absolute Gasteiger partial charge is 0.481 e. The molecule has 1 aliphatic rings. The lowest BCUT2D eigenvalue weighted by Gasteiger charge is -2.13. The number of carboxylic acid groups (broad SMARTS) is 1. The number of rotatable bonds is 9. The molecule has 1 rings (SSSR count). The average Bonchev–Trinajstić information content (AvgIpc) is 2.86. The van der Waals surface area contributed by atoms with E-state index in [-0.39, 0.29) is 18.6 Å².